The molecule has 0 aliphatic carbocycles. The van der Waals surface area contributed by atoms with Gasteiger partial charge in [-0.2, -0.15) is 5.26 Å². The molecule has 0 aromatic carbocycles. The molecule has 0 radical (unpaired) electrons. The Kier molecular flexibility index (Phi) is 29.6. The van der Waals surface area contributed by atoms with Gasteiger partial charge in [-0.25, -0.2) is 0 Å². The largest absolute Gasteiger partial charge is 0.198 e. The minimum absolute atomic E-state index is 0.747. The van der Waals surface area contributed by atoms with Gasteiger partial charge in [0.2, 0.25) is 0 Å². The lowest BCUT2D eigenvalue weighted by atomic mass is 9.90. The summed E-state index contributed by atoms with van der Waals surface area (Å²) < 4.78 is 0. The van der Waals surface area contributed by atoms with E-state index < -0.39 is 0 Å². The fraction of sp³-hybridized carbons (Fsp3) is 0.972. The van der Waals surface area contributed by atoms with E-state index in [4.69, 9.17) is 5.26 Å². The number of hydrogen-bond donors (Lipinski definition) is 0. The monoisotopic (exact) mass is 518 g/mol. The Hall–Kier alpha value is -0.510. The minimum atomic E-state index is 0.747. The summed E-state index contributed by atoms with van der Waals surface area (Å²) >= 11 is 0. The number of nitrogens with zero attached hydrogens (tertiary/aromatic N) is 1. The molecule has 220 valence electrons. The number of rotatable bonds is 30. The molecule has 0 aromatic rings. The Morgan fingerprint density at radius 3 is 0.973 bits per heavy atom. The normalized spacial score (nSPS) is 13.9. The van der Waals surface area contributed by atoms with Crippen molar-refractivity contribution >= 4 is 0 Å². The second-order valence-corrected chi connectivity index (χ2v) is 13.0. The Balaban J connectivity index is 3.35. The highest BCUT2D eigenvalue weighted by Crippen LogP contribution is 2.23. The molecule has 0 heterocycles. The lowest BCUT2D eigenvalue weighted by Crippen LogP contribution is -2.01. The summed E-state index contributed by atoms with van der Waals surface area (Å²) in [6.45, 7) is 9.80. The molecule has 0 aliphatic rings. The molecule has 0 N–H and O–H groups in total. The topological polar surface area (TPSA) is 23.8 Å². The summed E-state index contributed by atoms with van der Waals surface area (Å²) in [5.41, 5.74) is 0. The van der Waals surface area contributed by atoms with Crippen molar-refractivity contribution in [1.82, 2.24) is 0 Å². The molecule has 0 amide bonds. The SMILES string of the molecule is CCCCCCCCC(C)CCCC(C)CCCC(C)CCCCCCCCCCCCCCCC#N. The van der Waals surface area contributed by atoms with E-state index in [0.717, 1.165) is 30.6 Å². The average molecular weight is 518 g/mol. The molecule has 37 heavy (non-hydrogen) atoms. The van der Waals surface area contributed by atoms with Crippen molar-refractivity contribution < 1.29 is 0 Å². The maximum absolute atomic E-state index is 8.55. The van der Waals surface area contributed by atoms with Gasteiger partial charge < -0.3 is 0 Å². The van der Waals surface area contributed by atoms with Crippen molar-refractivity contribution in [1.29, 1.82) is 5.26 Å². The Labute approximate surface area is 236 Å². The molecule has 0 fully saturated rings. The summed E-state index contributed by atoms with van der Waals surface area (Å²) in [5, 5.41) is 8.55. The van der Waals surface area contributed by atoms with Gasteiger partial charge in [0.1, 0.15) is 0 Å². The highest BCUT2D eigenvalue weighted by molar-refractivity contribution is 4.67. The van der Waals surface area contributed by atoms with E-state index in [1.165, 1.54) is 167 Å². The van der Waals surface area contributed by atoms with Gasteiger partial charge in [0, 0.05) is 6.42 Å². The highest BCUT2D eigenvalue weighted by Gasteiger charge is 2.08. The van der Waals surface area contributed by atoms with Gasteiger partial charge in [-0.05, 0) is 24.2 Å². The first kappa shape index (κ1) is 36.5. The summed E-state index contributed by atoms with van der Waals surface area (Å²) in [7, 11) is 0. The zero-order chi connectivity index (χ0) is 27.2. The first-order valence-electron chi connectivity index (χ1n) is 17.5. The zero-order valence-electron chi connectivity index (χ0n) is 26.5. The van der Waals surface area contributed by atoms with Crippen LogP contribution in [-0.2, 0) is 0 Å². The third kappa shape index (κ3) is 29.9. The van der Waals surface area contributed by atoms with Gasteiger partial charge in [0.05, 0.1) is 6.07 Å². The van der Waals surface area contributed by atoms with Crippen LogP contribution in [0.25, 0.3) is 0 Å². The first-order valence-corrected chi connectivity index (χ1v) is 17.5. The molecular formula is C36H71N. The molecule has 0 saturated heterocycles. The zero-order valence-corrected chi connectivity index (χ0v) is 26.5. The molecule has 1 nitrogen and oxygen atoms in total. The summed E-state index contributed by atoms with van der Waals surface area (Å²) in [6, 6.07) is 2.24. The third-order valence-electron chi connectivity index (χ3n) is 8.82. The van der Waals surface area contributed by atoms with Crippen LogP contribution in [0, 0.1) is 29.1 Å². The Morgan fingerprint density at radius 1 is 0.378 bits per heavy atom. The highest BCUT2D eigenvalue weighted by atomic mass is 14.2. The number of nitriles is 1. The van der Waals surface area contributed by atoms with Gasteiger partial charge in [-0.1, -0.05) is 195 Å². The van der Waals surface area contributed by atoms with Crippen LogP contribution in [0.5, 0.6) is 0 Å². The van der Waals surface area contributed by atoms with E-state index in [9.17, 15) is 0 Å². The van der Waals surface area contributed by atoms with Crippen LogP contribution in [0.4, 0.5) is 0 Å². The van der Waals surface area contributed by atoms with Crippen LogP contribution in [0.1, 0.15) is 207 Å². The summed E-state index contributed by atoms with van der Waals surface area (Å²) in [6.07, 6.45) is 39.1. The molecule has 0 aliphatic heterocycles. The van der Waals surface area contributed by atoms with Gasteiger partial charge in [0.15, 0.2) is 0 Å². The van der Waals surface area contributed by atoms with E-state index in [1.807, 2.05) is 0 Å². The van der Waals surface area contributed by atoms with Crippen molar-refractivity contribution in [2.45, 2.75) is 207 Å². The standard InChI is InChI=1S/C36H71N/c1-5-6-7-8-19-22-27-34(2)29-25-31-36(4)32-26-30-35(3)28-23-20-17-15-13-11-9-10-12-14-16-18-21-24-33-37/h34-36H,5-32H2,1-4H3. The quantitative estimate of drug-likeness (QED) is 0.0869. The molecule has 0 saturated carbocycles. The molecule has 1 heteroatoms. The molecule has 3 unspecified atom stereocenters. The Bertz CT molecular complexity index is 464. The van der Waals surface area contributed by atoms with Crippen molar-refractivity contribution in [2.24, 2.45) is 17.8 Å². The fourth-order valence-electron chi connectivity index (χ4n) is 5.98. The fourth-order valence-corrected chi connectivity index (χ4v) is 5.98. The molecule has 0 spiro atoms. The smallest absolute Gasteiger partial charge is 0.0621 e. The molecule has 0 rings (SSSR count). The van der Waals surface area contributed by atoms with E-state index >= 15 is 0 Å². The Morgan fingerprint density at radius 2 is 0.649 bits per heavy atom. The summed E-state index contributed by atoms with van der Waals surface area (Å²) in [4.78, 5) is 0. The van der Waals surface area contributed by atoms with Crippen molar-refractivity contribution in [3.63, 3.8) is 0 Å². The van der Waals surface area contributed by atoms with Gasteiger partial charge in [0.25, 0.3) is 0 Å². The van der Waals surface area contributed by atoms with E-state index in [2.05, 4.69) is 33.8 Å². The third-order valence-corrected chi connectivity index (χ3v) is 8.82. The van der Waals surface area contributed by atoms with Gasteiger partial charge >= 0.3 is 0 Å². The minimum Gasteiger partial charge on any atom is -0.198 e. The van der Waals surface area contributed by atoms with Gasteiger partial charge in [-0.3, -0.25) is 0 Å². The lowest BCUT2D eigenvalue weighted by molar-refractivity contribution is 0.373. The maximum Gasteiger partial charge on any atom is 0.0621 e. The van der Waals surface area contributed by atoms with E-state index in [1.54, 1.807) is 0 Å². The lowest BCUT2D eigenvalue weighted by Gasteiger charge is -2.16. The van der Waals surface area contributed by atoms with Crippen LogP contribution in [0.15, 0.2) is 0 Å². The summed E-state index contributed by atoms with van der Waals surface area (Å²) in [5.74, 6) is 2.81. The molecule has 3 atom stereocenters. The van der Waals surface area contributed by atoms with Crippen molar-refractivity contribution in [3.8, 4) is 6.07 Å². The predicted molar refractivity (Wildman–Crippen MR) is 168 cm³/mol. The molecule has 0 aromatic heterocycles. The van der Waals surface area contributed by atoms with E-state index in [-0.39, 0.29) is 0 Å². The van der Waals surface area contributed by atoms with Crippen LogP contribution < -0.4 is 0 Å². The van der Waals surface area contributed by atoms with Crippen LogP contribution in [0.3, 0.4) is 0 Å². The van der Waals surface area contributed by atoms with Gasteiger partial charge in [-0.15, -0.1) is 0 Å². The average Bonchev–Trinajstić information content (AvgIpc) is 2.88. The van der Waals surface area contributed by atoms with Crippen LogP contribution in [-0.4, -0.2) is 0 Å². The van der Waals surface area contributed by atoms with Crippen molar-refractivity contribution in [2.75, 3.05) is 0 Å². The first-order chi connectivity index (χ1) is 18.1. The predicted octanol–water partition coefficient (Wildman–Crippen LogP) is 13.4. The molecular weight excluding hydrogens is 446 g/mol. The number of hydrogen-bond acceptors (Lipinski definition) is 1. The van der Waals surface area contributed by atoms with Crippen LogP contribution in [0.2, 0.25) is 0 Å². The maximum atomic E-state index is 8.55. The van der Waals surface area contributed by atoms with Crippen molar-refractivity contribution in [3.05, 3.63) is 0 Å². The second kappa shape index (κ2) is 30.0. The van der Waals surface area contributed by atoms with E-state index in [0.29, 0.717) is 0 Å². The van der Waals surface area contributed by atoms with Crippen LogP contribution >= 0.6 is 0 Å². The molecule has 0 bridgehead atoms. The second-order valence-electron chi connectivity index (χ2n) is 13.0. The number of unbranched alkanes of at least 4 members (excludes halogenated alkanes) is 18.